The Morgan fingerprint density at radius 2 is 1.62 bits per heavy atom. The highest BCUT2D eigenvalue weighted by Gasteiger charge is 2.28. The lowest BCUT2D eigenvalue weighted by Crippen LogP contribution is -2.05. The molecule has 4 nitrogen and oxygen atoms in total. The highest BCUT2D eigenvalue weighted by Crippen LogP contribution is 2.25. The van der Waals surface area contributed by atoms with E-state index in [1.54, 1.807) is 36.4 Å². The number of nitriles is 1. The van der Waals surface area contributed by atoms with E-state index in [0.29, 0.717) is 11.1 Å². The molecule has 0 amide bonds. The topological polar surface area (TPSA) is 62.4 Å². The second kappa shape index (κ2) is 5.43. The number of carbonyl (C=O) groups excluding carboxylic acids is 1. The minimum absolute atomic E-state index is 0.0440. The lowest BCUT2D eigenvalue weighted by Gasteiger charge is -1.98. The third kappa shape index (κ3) is 2.45. The van der Waals surface area contributed by atoms with E-state index in [2.05, 4.69) is 4.99 Å². The molecule has 0 N–H and O–H groups in total. The van der Waals surface area contributed by atoms with Crippen molar-refractivity contribution in [3.05, 3.63) is 77.5 Å². The molecule has 4 heteroatoms. The normalized spacial score (nSPS) is 16.0. The Labute approximate surface area is 121 Å². The van der Waals surface area contributed by atoms with E-state index in [0.717, 1.165) is 0 Å². The third-order valence-corrected chi connectivity index (χ3v) is 3.03. The maximum atomic E-state index is 12.0. The molecular formula is C17H10N2O2. The van der Waals surface area contributed by atoms with Crippen LogP contribution in [-0.2, 0) is 9.53 Å². The van der Waals surface area contributed by atoms with Gasteiger partial charge in [-0.25, -0.2) is 9.79 Å². The fraction of sp³-hybridized carbons (Fsp3) is 0. The standard InChI is InChI=1S/C17H10N2O2/c18-11-14(12-7-3-1-4-8-12)15-17(20)21-16(19-15)13-9-5-2-6-10-13/h1-10H. The van der Waals surface area contributed by atoms with Crippen molar-refractivity contribution in [3.63, 3.8) is 0 Å². The summed E-state index contributed by atoms with van der Waals surface area (Å²) in [6.45, 7) is 0. The van der Waals surface area contributed by atoms with Crippen LogP contribution >= 0.6 is 0 Å². The van der Waals surface area contributed by atoms with Crippen molar-refractivity contribution >= 4 is 17.4 Å². The highest BCUT2D eigenvalue weighted by atomic mass is 16.6. The number of ether oxygens (including phenoxy) is 1. The van der Waals surface area contributed by atoms with Crippen LogP contribution < -0.4 is 0 Å². The van der Waals surface area contributed by atoms with Crippen molar-refractivity contribution in [2.24, 2.45) is 4.99 Å². The van der Waals surface area contributed by atoms with Crippen molar-refractivity contribution in [3.8, 4) is 6.07 Å². The highest BCUT2D eigenvalue weighted by molar-refractivity contribution is 6.15. The van der Waals surface area contributed by atoms with E-state index in [9.17, 15) is 10.1 Å². The van der Waals surface area contributed by atoms with Crippen LogP contribution in [-0.4, -0.2) is 11.9 Å². The lowest BCUT2D eigenvalue weighted by atomic mass is 10.1. The zero-order valence-electron chi connectivity index (χ0n) is 11.0. The van der Waals surface area contributed by atoms with Crippen LogP contribution in [0.4, 0.5) is 0 Å². The van der Waals surface area contributed by atoms with E-state index in [4.69, 9.17) is 4.74 Å². The average molecular weight is 274 g/mol. The van der Waals surface area contributed by atoms with Gasteiger partial charge in [-0.2, -0.15) is 5.26 Å². The molecule has 1 aliphatic rings. The van der Waals surface area contributed by atoms with Crippen LogP contribution in [0.5, 0.6) is 0 Å². The zero-order valence-corrected chi connectivity index (χ0v) is 11.0. The molecule has 0 atom stereocenters. The fourth-order valence-electron chi connectivity index (χ4n) is 2.03. The molecule has 2 aromatic rings. The van der Waals surface area contributed by atoms with Gasteiger partial charge in [-0.1, -0.05) is 48.5 Å². The van der Waals surface area contributed by atoms with Crippen LogP contribution in [0.15, 0.2) is 71.4 Å². The first-order valence-corrected chi connectivity index (χ1v) is 6.35. The van der Waals surface area contributed by atoms with Crippen molar-refractivity contribution in [2.75, 3.05) is 0 Å². The number of carbonyl (C=O) groups is 1. The molecule has 100 valence electrons. The van der Waals surface area contributed by atoms with Gasteiger partial charge in [-0.15, -0.1) is 0 Å². The maximum Gasteiger partial charge on any atom is 0.365 e. The first-order valence-electron chi connectivity index (χ1n) is 6.35. The summed E-state index contributed by atoms with van der Waals surface area (Å²) in [5.74, 6) is -0.381. The molecule has 1 aliphatic heterocycles. The molecule has 0 aromatic heterocycles. The SMILES string of the molecule is N#CC(=C1N=C(c2ccccc2)OC1=O)c1ccccc1. The first kappa shape index (κ1) is 12.8. The van der Waals surface area contributed by atoms with Gasteiger partial charge in [0.05, 0.1) is 5.57 Å². The number of hydrogen-bond donors (Lipinski definition) is 0. The Morgan fingerprint density at radius 3 is 2.24 bits per heavy atom. The minimum atomic E-state index is -0.603. The van der Waals surface area contributed by atoms with Crippen molar-refractivity contribution in [1.29, 1.82) is 5.26 Å². The van der Waals surface area contributed by atoms with Gasteiger partial charge < -0.3 is 4.74 Å². The number of esters is 1. The van der Waals surface area contributed by atoms with Crippen LogP contribution in [0.2, 0.25) is 0 Å². The van der Waals surface area contributed by atoms with E-state index in [1.165, 1.54) is 0 Å². The monoisotopic (exact) mass is 274 g/mol. The summed E-state index contributed by atoms with van der Waals surface area (Å²) >= 11 is 0. The summed E-state index contributed by atoms with van der Waals surface area (Å²) in [5.41, 5.74) is 1.60. The second-order valence-corrected chi connectivity index (χ2v) is 4.37. The molecule has 0 saturated carbocycles. The Kier molecular flexibility index (Phi) is 3.32. The quantitative estimate of drug-likeness (QED) is 0.480. The number of benzene rings is 2. The van der Waals surface area contributed by atoms with Crippen molar-refractivity contribution in [2.45, 2.75) is 0 Å². The molecular weight excluding hydrogens is 264 g/mol. The van der Waals surface area contributed by atoms with Gasteiger partial charge in [-0.05, 0) is 17.7 Å². The van der Waals surface area contributed by atoms with E-state index in [1.807, 2.05) is 30.3 Å². The van der Waals surface area contributed by atoms with Gasteiger partial charge in [0.15, 0.2) is 5.70 Å². The predicted octanol–water partition coefficient (Wildman–Crippen LogP) is 2.92. The average Bonchev–Trinajstić information content (AvgIpc) is 2.92. The molecule has 1 heterocycles. The molecule has 21 heavy (non-hydrogen) atoms. The number of nitrogens with zero attached hydrogens (tertiary/aromatic N) is 2. The molecule has 2 aromatic carbocycles. The summed E-state index contributed by atoms with van der Waals surface area (Å²) in [4.78, 5) is 16.2. The molecule has 0 saturated heterocycles. The predicted molar refractivity (Wildman–Crippen MR) is 78.0 cm³/mol. The van der Waals surface area contributed by atoms with Gasteiger partial charge in [0, 0.05) is 5.56 Å². The van der Waals surface area contributed by atoms with Crippen molar-refractivity contribution < 1.29 is 9.53 Å². The van der Waals surface area contributed by atoms with E-state index < -0.39 is 5.97 Å². The first-order chi connectivity index (χ1) is 10.3. The molecule has 0 fully saturated rings. The molecule has 0 bridgehead atoms. The Bertz CT molecular complexity index is 785. The van der Waals surface area contributed by atoms with Gasteiger partial charge in [0.2, 0.25) is 5.90 Å². The van der Waals surface area contributed by atoms with Gasteiger partial charge >= 0.3 is 5.97 Å². The number of cyclic esters (lactones) is 1. The smallest absolute Gasteiger partial charge is 0.365 e. The summed E-state index contributed by atoms with van der Waals surface area (Å²) in [7, 11) is 0. The Morgan fingerprint density at radius 1 is 1.00 bits per heavy atom. The molecule has 0 radical (unpaired) electrons. The molecule has 3 rings (SSSR count). The largest absolute Gasteiger partial charge is 0.402 e. The number of hydrogen-bond acceptors (Lipinski definition) is 4. The molecule has 0 spiro atoms. The lowest BCUT2D eigenvalue weighted by molar-refractivity contribution is -0.129. The number of allylic oxidation sites excluding steroid dienone is 1. The number of aliphatic imine (C=N–C) groups is 1. The third-order valence-electron chi connectivity index (χ3n) is 3.03. The van der Waals surface area contributed by atoms with Crippen LogP contribution in [0.1, 0.15) is 11.1 Å². The summed E-state index contributed by atoms with van der Waals surface area (Å²) in [6, 6.07) is 20.1. The fourth-order valence-corrected chi connectivity index (χ4v) is 2.03. The van der Waals surface area contributed by atoms with Gasteiger partial charge in [-0.3, -0.25) is 0 Å². The van der Waals surface area contributed by atoms with Gasteiger partial charge in [0.1, 0.15) is 6.07 Å². The zero-order chi connectivity index (χ0) is 14.7. The molecule has 0 unspecified atom stereocenters. The second-order valence-electron chi connectivity index (χ2n) is 4.37. The van der Waals surface area contributed by atoms with Gasteiger partial charge in [0.25, 0.3) is 0 Å². The van der Waals surface area contributed by atoms with Crippen LogP contribution in [0, 0.1) is 11.3 Å². The van der Waals surface area contributed by atoms with E-state index >= 15 is 0 Å². The van der Waals surface area contributed by atoms with Crippen LogP contribution in [0.25, 0.3) is 5.57 Å². The van der Waals surface area contributed by atoms with Crippen LogP contribution in [0.3, 0.4) is 0 Å². The Hall–Kier alpha value is -3.19. The van der Waals surface area contributed by atoms with Crippen molar-refractivity contribution in [1.82, 2.24) is 0 Å². The summed E-state index contributed by atoms with van der Waals surface area (Å²) in [6.07, 6.45) is 0. The molecule has 0 aliphatic carbocycles. The maximum absolute atomic E-state index is 12.0. The minimum Gasteiger partial charge on any atom is -0.402 e. The Balaban J connectivity index is 2.09. The number of rotatable bonds is 2. The van der Waals surface area contributed by atoms with E-state index in [-0.39, 0.29) is 17.2 Å². The summed E-state index contributed by atoms with van der Waals surface area (Å²) < 4.78 is 5.17. The summed E-state index contributed by atoms with van der Waals surface area (Å²) in [5, 5.41) is 9.33.